The molecule has 1 aromatic heterocycles. The first-order chi connectivity index (χ1) is 14.7. The molecule has 0 bridgehead atoms. The Balaban J connectivity index is 1.50. The second-order valence-electron chi connectivity index (χ2n) is 7.21. The topological polar surface area (TPSA) is 86.4 Å². The SMILES string of the molecule is O=c1[nH]c(CN2CCN(c3ccccc3S(=O)(=O)C(F)(F)F)CC2)nc2ccccc12. The quantitative estimate of drug-likeness (QED) is 0.655. The molecule has 1 fully saturated rings. The van der Waals surface area contributed by atoms with Gasteiger partial charge in [-0.05, 0) is 24.3 Å². The number of nitrogens with zero attached hydrogens (tertiary/aromatic N) is 3. The first-order valence-corrected chi connectivity index (χ1v) is 11.0. The van der Waals surface area contributed by atoms with Gasteiger partial charge < -0.3 is 9.88 Å². The average molecular weight is 452 g/mol. The summed E-state index contributed by atoms with van der Waals surface area (Å²) >= 11 is 0. The van der Waals surface area contributed by atoms with Crippen LogP contribution in [0.25, 0.3) is 10.9 Å². The van der Waals surface area contributed by atoms with Crippen LogP contribution in [-0.4, -0.2) is 55.0 Å². The van der Waals surface area contributed by atoms with Gasteiger partial charge in [-0.2, -0.15) is 13.2 Å². The van der Waals surface area contributed by atoms with Crippen LogP contribution in [0, 0.1) is 0 Å². The molecule has 0 unspecified atom stereocenters. The van der Waals surface area contributed by atoms with E-state index in [2.05, 4.69) is 9.97 Å². The highest BCUT2D eigenvalue weighted by Crippen LogP contribution is 2.36. The minimum atomic E-state index is -5.45. The molecule has 0 atom stereocenters. The van der Waals surface area contributed by atoms with Crippen molar-refractivity contribution in [1.29, 1.82) is 0 Å². The van der Waals surface area contributed by atoms with Crippen LogP contribution >= 0.6 is 0 Å². The zero-order chi connectivity index (χ0) is 22.2. The first-order valence-electron chi connectivity index (χ1n) is 9.52. The number of benzene rings is 2. The fourth-order valence-electron chi connectivity index (χ4n) is 3.64. The van der Waals surface area contributed by atoms with Gasteiger partial charge in [0.1, 0.15) is 5.82 Å². The molecule has 7 nitrogen and oxygen atoms in total. The molecule has 2 aromatic carbocycles. The molecule has 1 saturated heterocycles. The smallest absolute Gasteiger partial charge is 0.368 e. The van der Waals surface area contributed by atoms with E-state index in [9.17, 15) is 26.4 Å². The fraction of sp³-hybridized carbons (Fsp3) is 0.300. The predicted octanol–water partition coefficient (Wildman–Crippen LogP) is 2.54. The number of piperazine rings is 1. The lowest BCUT2D eigenvalue weighted by atomic mass is 10.2. The van der Waals surface area contributed by atoms with Crippen molar-refractivity contribution in [3.05, 3.63) is 64.7 Å². The number of H-pyrrole nitrogens is 1. The van der Waals surface area contributed by atoms with Crippen LogP contribution in [0.4, 0.5) is 18.9 Å². The lowest BCUT2D eigenvalue weighted by Gasteiger charge is -2.36. The molecule has 4 rings (SSSR count). The Hall–Kier alpha value is -2.92. The molecule has 11 heteroatoms. The molecule has 0 aliphatic carbocycles. The second kappa shape index (κ2) is 7.97. The van der Waals surface area contributed by atoms with Crippen LogP contribution in [0.15, 0.2) is 58.2 Å². The number of hydrogen-bond donors (Lipinski definition) is 1. The average Bonchev–Trinajstić information content (AvgIpc) is 2.73. The van der Waals surface area contributed by atoms with E-state index in [4.69, 9.17) is 0 Å². The third-order valence-electron chi connectivity index (χ3n) is 5.21. The van der Waals surface area contributed by atoms with Gasteiger partial charge in [-0.3, -0.25) is 9.69 Å². The summed E-state index contributed by atoms with van der Waals surface area (Å²) in [6.45, 7) is 1.98. The minimum absolute atomic E-state index is 0.0386. The maximum absolute atomic E-state index is 13.1. The highest BCUT2D eigenvalue weighted by molar-refractivity contribution is 7.92. The Kier molecular flexibility index (Phi) is 5.48. The molecule has 1 aliphatic heterocycles. The highest BCUT2D eigenvalue weighted by atomic mass is 32.2. The van der Waals surface area contributed by atoms with Gasteiger partial charge in [0.2, 0.25) is 0 Å². The van der Waals surface area contributed by atoms with Crippen LogP contribution in [-0.2, 0) is 16.4 Å². The summed E-state index contributed by atoms with van der Waals surface area (Å²) in [5.41, 5.74) is -4.97. The van der Waals surface area contributed by atoms with Crippen molar-refractivity contribution in [2.24, 2.45) is 0 Å². The maximum Gasteiger partial charge on any atom is 0.501 e. The molecule has 164 valence electrons. The van der Waals surface area contributed by atoms with Crippen molar-refractivity contribution in [2.45, 2.75) is 16.9 Å². The number of fused-ring (bicyclic) bond motifs is 1. The molecule has 0 spiro atoms. The molecular weight excluding hydrogens is 433 g/mol. The van der Waals surface area contributed by atoms with E-state index >= 15 is 0 Å². The number of nitrogens with one attached hydrogen (secondary N) is 1. The van der Waals surface area contributed by atoms with Gasteiger partial charge in [0.25, 0.3) is 15.4 Å². The number of anilines is 1. The number of hydrogen-bond acceptors (Lipinski definition) is 6. The number of rotatable bonds is 4. The Morgan fingerprint density at radius 2 is 1.61 bits per heavy atom. The van der Waals surface area contributed by atoms with Crippen molar-refractivity contribution in [3.63, 3.8) is 0 Å². The third kappa shape index (κ3) is 4.15. The fourth-order valence-corrected chi connectivity index (χ4v) is 4.62. The number of halogens is 3. The molecule has 0 saturated carbocycles. The maximum atomic E-state index is 13.1. The lowest BCUT2D eigenvalue weighted by Crippen LogP contribution is -2.46. The van der Waals surface area contributed by atoms with E-state index in [0.29, 0.717) is 49.5 Å². The zero-order valence-electron chi connectivity index (χ0n) is 16.3. The summed E-state index contributed by atoms with van der Waals surface area (Å²) in [5, 5.41) is 0.499. The monoisotopic (exact) mass is 452 g/mol. The Labute approximate surface area is 176 Å². The van der Waals surface area contributed by atoms with E-state index in [1.807, 2.05) is 4.90 Å². The van der Waals surface area contributed by atoms with Crippen molar-refractivity contribution in [2.75, 3.05) is 31.1 Å². The summed E-state index contributed by atoms with van der Waals surface area (Å²) in [6.07, 6.45) is 0. The number of alkyl halides is 3. The van der Waals surface area contributed by atoms with E-state index < -0.39 is 20.2 Å². The number of aromatic nitrogens is 2. The van der Waals surface area contributed by atoms with Gasteiger partial charge in [0, 0.05) is 26.2 Å². The highest BCUT2D eigenvalue weighted by Gasteiger charge is 2.48. The van der Waals surface area contributed by atoms with Crippen LogP contribution in [0.1, 0.15) is 5.82 Å². The Bertz CT molecular complexity index is 1270. The van der Waals surface area contributed by atoms with Crippen molar-refractivity contribution >= 4 is 26.4 Å². The van der Waals surface area contributed by atoms with Gasteiger partial charge >= 0.3 is 5.51 Å². The van der Waals surface area contributed by atoms with E-state index in [0.717, 1.165) is 6.07 Å². The van der Waals surface area contributed by atoms with Gasteiger partial charge in [-0.15, -0.1) is 0 Å². The summed E-state index contributed by atoms with van der Waals surface area (Å²) in [7, 11) is -5.45. The Morgan fingerprint density at radius 1 is 0.968 bits per heavy atom. The van der Waals surface area contributed by atoms with Gasteiger partial charge in [-0.1, -0.05) is 24.3 Å². The van der Waals surface area contributed by atoms with E-state index in [-0.39, 0.29) is 11.2 Å². The minimum Gasteiger partial charge on any atom is -0.368 e. The number of para-hydroxylation sites is 2. The van der Waals surface area contributed by atoms with Crippen LogP contribution < -0.4 is 10.5 Å². The van der Waals surface area contributed by atoms with Crippen LogP contribution in [0.5, 0.6) is 0 Å². The largest absolute Gasteiger partial charge is 0.501 e. The number of aromatic amines is 1. The van der Waals surface area contributed by atoms with Crippen LogP contribution in [0.2, 0.25) is 0 Å². The van der Waals surface area contributed by atoms with Gasteiger partial charge in [-0.25, -0.2) is 13.4 Å². The molecule has 1 N–H and O–H groups in total. The summed E-state index contributed by atoms with van der Waals surface area (Å²) in [6, 6.07) is 12.2. The van der Waals surface area contributed by atoms with Gasteiger partial charge in [0.15, 0.2) is 0 Å². The predicted molar refractivity (Wildman–Crippen MR) is 110 cm³/mol. The van der Waals surface area contributed by atoms with Gasteiger partial charge in [0.05, 0.1) is 28.0 Å². The normalized spacial score (nSPS) is 16.0. The molecule has 31 heavy (non-hydrogen) atoms. The second-order valence-corrected chi connectivity index (χ2v) is 9.12. The summed E-state index contributed by atoms with van der Waals surface area (Å²) < 4.78 is 63.1. The van der Waals surface area contributed by atoms with Crippen LogP contribution in [0.3, 0.4) is 0 Å². The Morgan fingerprint density at radius 3 is 2.32 bits per heavy atom. The molecular formula is C20H19F3N4O3S. The summed E-state index contributed by atoms with van der Waals surface area (Å²) in [4.78, 5) is 22.3. The summed E-state index contributed by atoms with van der Waals surface area (Å²) in [5.74, 6) is 0.497. The van der Waals surface area contributed by atoms with E-state index in [1.165, 1.54) is 18.2 Å². The molecule has 2 heterocycles. The standard InChI is InChI=1S/C20H19F3N4O3S/c21-20(22,23)31(29,30)17-8-4-3-7-16(17)27-11-9-26(10-12-27)13-18-24-15-6-2-1-5-14(15)19(28)25-18/h1-8H,9-13H2,(H,24,25,28). The third-order valence-corrected chi connectivity index (χ3v) is 6.74. The van der Waals surface area contributed by atoms with Crippen molar-refractivity contribution < 1.29 is 21.6 Å². The zero-order valence-corrected chi connectivity index (χ0v) is 17.1. The molecule has 0 radical (unpaired) electrons. The molecule has 1 aliphatic rings. The first kappa shape index (κ1) is 21.3. The lowest BCUT2D eigenvalue weighted by molar-refractivity contribution is -0.0435. The van der Waals surface area contributed by atoms with E-state index in [1.54, 1.807) is 29.2 Å². The van der Waals surface area contributed by atoms with Crippen molar-refractivity contribution in [3.8, 4) is 0 Å². The molecule has 3 aromatic rings. The number of sulfone groups is 1. The van der Waals surface area contributed by atoms with Crippen molar-refractivity contribution in [1.82, 2.24) is 14.9 Å². The molecule has 0 amide bonds.